The van der Waals surface area contributed by atoms with Crippen molar-refractivity contribution in [2.24, 2.45) is 0 Å². The van der Waals surface area contributed by atoms with Crippen molar-refractivity contribution in [2.45, 2.75) is 11.8 Å². The van der Waals surface area contributed by atoms with Gasteiger partial charge in [-0.1, -0.05) is 58.6 Å². The van der Waals surface area contributed by atoms with Crippen LogP contribution in [0.3, 0.4) is 0 Å². The summed E-state index contributed by atoms with van der Waals surface area (Å²) >= 11 is 18.8. The van der Waals surface area contributed by atoms with E-state index in [-0.39, 0.29) is 34.3 Å². The second kappa shape index (κ2) is 10.9. The van der Waals surface area contributed by atoms with E-state index in [9.17, 15) is 13.2 Å². The van der Waals surface area contributed by atoms with Crippen LogP contribution in [0.5, 0.6) is 5.75 Å². The molecule has 0 unspecified atom stereocenters. The highest BCUT2D eigenvalue weighted by atomic mass is 35.5. The molecule has 4 rings (SSSR count). The number of nitrogens with zero attached hydrogens (tertiary/aromatic N) is 2. The molecule has 1 saturated heterocycles. The average molecular weight is 569 g/mol. The number of methoxy groups -OCH3 is 1. The number of hydrogen-bond acceptors (Lipinski definition) is 5. The Morgan fingerprint density at radius 3 is 2.25 bits per heavy atom. The Bertz CT molecular complexity index is 1390. The minimum Gasteiger partial charge on any atom is -0.494 e. The number of rotatable bonds is 6. The summed E-state index contributed by atoms with van der Waals surface area (Å²) in [5.74, 6) is -0.266. The summed E-state index contributed by atoms with van der Waals surface area (Å²) in [6.45, 7) is 3.24. The number of sulfonamides is 1. The monoisotopic (exact) mass is 567 g/mol. The van der Waals surface area contributed by atoms with Crippen LogP contribution in [0.25, 0.3) is 0 Å². The molecule has 1 fully saturated rings. The third kappa shape index (κ3) is 5.43. The van der Waals surface area contributed by atoms with Crippen LogP contribution in [0.2, 0.25) is 15.1 Å². The number of anilines is 2. The minimum absolute atomic E-state index is 0.176. The molecule has 1 heterocycles. The molecular formula is C25H24Cl3N3O4S. The van der Waals surface area contributed by atoms with E-state index >= 15 is 0 Å². The maximum absolute atomic E-state index is 13.2. The first-order valence-corrected chi connectivity index (χ1v) is 13.6. The SMILES string of the molecule is COc1c(Cl)cc(Cl)cc1C(=O)Nc1cccc(Cl)c1N1CCN(S(=O)(=O)c2ccc(C)cc2)CC1. The van der Waals surface area contributed by atoms with Gasteiger partial charge < -0.3 is 15.0 Å². The zero-order chi connectivity index (χ0) is 26.0. The summed E-state index contributed by atoms with van der Waals surface area (Å²) in [6.07, 6.45) is 0. The third-order valence-electron chi connectivity index (χ3n) is 5.91. The Morgan fingerprint density at radius 1 is 0.944 bits per heavy atom. The normalized spacial score (nSPS) is 14.5. The fourth-order valence-corrected chi connectivity index (χ4v) is 6.36. The van der Waals surface area contributed by atoms with Crippen LogP contribution in [0.1, 0.15) is 15.9 Å². The molecular weight excluding hydrogens is 545 g/mol. The van der Waals surface area contributed by atoms with E-state index in [1.165, 1.54) is 23.5 Å². The summed E-state index contributed by atoms with van der Waals surface area (Å²) in [4.78, 5) is 15.4. The second-order valence-electron chi connectivity index (χ2n) is 8.26. The molecule has 0 bridgehead atoms. The zero-order valence-corrected chi connectivity index (χ0v) is 22.7. The summed E-state index contributed by atoms with van der Waals surface area (Å²) in [6, 6.07) is 14.9. The predicted octanol–water partition coefficient (Wildman–Crippen LogP) is 5.73. The van der Waals surface area contributed by atoms with Gasteiger partial charge in [-0.15, -0.1) is 0 Å². The van der Waals surface area contributed by atoms with Crippen molar-refractivity contribution in [3.8, 4) is 5.75 Å². The molecule has 1 amide bonds. The van der Waals surface area contributed by atoms with Crippen molar-refractivity contribution in [3.05, 3.63) is 80.8 Å². The van der Waals surface area contributed by atoms with Crippen molar-refractivity contribution in [1.29, 1.82) is 0 Å². The average Bonchev–Trinajstić information content (AvgIpc) is 2.84. The van der Waals surface area contributed by atoms with Gasteiger partial charge in [-0.3, -0.25) is 4.79 Å². The molecule has 3 aromatic rings. The number of carbonyl (C=O) groups is 1. The van der Waals surface area contributed by atoms with E-state index in [1.807, 2.05) is 11.8 Å². The molecule has 0 spiro atoms. The predicted molar refractivity (Wildman–Crippen MR) is 145 cm³/mol. The van der Waals surface area contributed by atoms with Crippen LogP contribution < -0.4 is 15.0 Å². The highest BCUT2D eigenvalue weighted by Crippen LogP contribution is 2.37. The molecule has 0 aliphatic carbocycles. The lowest BCUT2D eigenvalue weighted by Gasteiger charge is -2.36. The lowest BCUT2D eigenvalue weighted by Crippen LogP contribution is -2.49. The number of hydrogen-bond donors (Lipinski definition) is 1. The van der Waals surface area contributed by atoms with Gasteiger partial charge in [0, 0.05) is 31.2 Å². The van der Waals surface area contributed by atoms with Crippen LogP contribution in [0.4, 0.5) is 11.4 Å². The molecule has 11 heteroatoms. The highest BCUT2D eigenvalue weighted by molar-refractivity contribution is 7.89. The lowest BCUT2D eigenvalue weighted by atomic mass is 10.1. The van der Waals surface area contributed by atoms with Gasteiger partial charge in [0.1, 0.15) is 5.75 Å². The van der Waals surface area contributed by atoms with E-state index in [4.69, 9.17) is 39.5 Å². The van der Waals surface area contributed by atoms with Gasteiger partial charge in [0.15, 0.2) is 0 Å². The number of halogens is 3. The molecule has 1 N–H and O–H groups in total. The zero-order valence-electron chi connectivity index (χ0n) is 19.6. The summed E-state index contributed by atoms with van der Waals surface area (Å²) in [5.41, 5.74) is 2.24. The molecule has 7 nitrogen and oxygen atoms in total. The number of aryl methyl sites for hydroxylation is 1. The largest absolute Gasteiger partial charge is 0.494 e. The Morgan fingerprint density at radius 2 is 1.61 bits per heavy atom. The van der Waals surface area contributed by atoms with Crippen molar-refractivity contribution >= 4 is 62.1 Å². The maximum Gasteiger partial charge on any atom is 0.259 e. The van der Waals surface area contributed by atoms with Crippen LogP contribution in [-0.2, 0) is 10.0 Å². The molecule has 0 saturated carbocycles. The molecule has 0 aromatic heterocycles. The standard InChI is InChI=1S/C25H24Cl3N3O4S/c1-16-6-8-18(9-7-16)36(33,34)31-12-10-30(11-13-31)23-20(27)4-3-5-22(23)29-25(32)19-14-17(26)15-21(28)24(19)35-2/h3-9,14-15H,10-13H2,1-2H3,(H,29,32). The van der Waals surface area contributed by atoms with Gasteiger partial charge in [0.2, 0.25) is 10.0 Å². The van der Waals surface area contributed by atoms with E-state index < -0.39 is 15.9 Å². The van der Waals surface area contributed by atoms with Crippen molar-refractivity contribution in [3.63, 3.8) is 0 Å². The maximum atomic E-state index is 13.2. The van der Waals surface area contributed by atoms with E-state index in [1.54, 1.807) is 42.5 Å². The molecule has 0 atom stereocenters. The van der Waals surface area contributed by atoms with Gasteiger partial charge in [0.25, 0.3) is 5.91 Å². The van der Waals surface area contributed by atoms with Gasteiger partial charge in [-0.2, -0.15) is 4.31 Å². The first-order chi connectivity index (χ1) is 17.1. The number of benzene rings is 3. The molecule has 36 heavy (non-hydrogen) atoms. The van der Waals surface area contributed by atoms with Crippen molar-refractivity contribution in [1.82, 2.24) is 4.31 Å². The fourth-order valence-electron chi connectivity index (χ4n) is 4.08. The summed E-state index contributed by atoms with van der Waals surface area (Å²) in [5, 5.41) is 3.81. The van der Waals surface area contributed by atoms with Gasteiger partial charge >= 0.3 is 0 Å². The van der Waals surface area contributed by atoms with Gasteiger partial charge in [-0.25, -0.2) is 8.42 Å². The minimum atomic E-state index is -3.61. The van der Waals surface area contributed by atoms with Crippen molar-refractivity contribution < 1.29 is 17.9 Å². The lowest BCUT2D eigenvalue weighted by molar-refractivity contribution is 0.102. The van der Waals surface area contributed by atoms with Crippen LogP contribution in [0.15, 0.2) is 59.5 Å². The Labute approximate surface area is 225 Å². The van der Waals surface area contributed by atoms with Crippen LogP contribution in [0, 0.1) is 6.92 Å². The molecule has 1 aliphatic rings. The van der Waals surface area contributed by atoms with Crippen LogP contribution >= 0.6 is 34.8 Å². The quantitative estimate of drug-likeness (QED) is 0.411. The topological polar surface area (TPSA) is 79.0 Å². The number of ether oxygens (including phenoxy) is 1. The fraction of sp³-hybridized carbons (Fsp3) is 0.240. The second-order valence-corrected chi connectivity index (χ2v) is 11.5. The molecule has 190 valence electrons. The Hall–Kier alpha value is -2.49. The first-order valence-electron chi connectivity index (χ1n) is 11.1. The van der Waals surface area contributed by atoms with E-state index in [2.05, 4.69) is 5.32 Å². The highest BCUT2D eigenvalue weighted by Gasteiger charge is 2.30. The molecule has 3 aromatic carbocycles. The number of nitrogens with one attached hydrogen (secondary N) is 1. The summed E-state index contributed by atoms with van der Waals surface area (Å²) in [7, 11) is -2.19. The first kappa shape index (κ1) is 26.6. The van der Waals surface area contributed by atoms with E-state index in [0.29, 0.717) is 34.5 Å². The van der Waals surface area contributed by atoms with Gasteiger partial charge in [0.05, 0.1) is 39.0 Å². The summed E-state index contributed by atoms with van der Waals surface area (Å²) < 4.78 is 32.9. The van der Waals surface area contributed by atoms with E-state index in [0.717, 1.165) is 5.56 Å². The van der Waals surface area contributed by atoms with Crippen LogP contribution in [-0.4, -0.2) is 51.9 Å². The smallest absolute Gasteiger partial charge is 0.259 e. The van der Waals surface area contributed by atoms with Gasteiger partial charge in [-0.05, 0) is 43.3 Å². The number of amides is 1. The Balaban J connectivity index is 1.55. The third-order valence-corrected chi connectivity index (χ3v) is 8.62. The van der Waals surface area contributed by atoms with Crippen molar-refractivity contribution in [2.75, 3.05) is 43.5 Å². The number of para-hydroxylation sites is 1. The molecule has 0 radical (unpaired) electrons. The number of piperazine rings is 1. The molecule has 1 aliphatic heterocycles. The number of carbonyl (C=O) groups excluding carboxylic acids is 1. The Kier molecular flexibility index (Phi) is 8.02.